The number of carbonyl (C=O) groups excluding carboxylic acids is 1. The van der Waals surface area contributed by atoms with Crippen molar-refractivity contribution in [2.24, 2.45) is 0 Å². The topological polar surface area (TPSA) is 54.9 Å². The van der Waals surface area contributed by atoms with Gasteiger partial charge in [0.1, 0.15) is 5.69 Å². The summed E-state index contributed by atoms with van der Waals surface area (Å²) < 4.78 is 0.995. The Morgan fingerprint density at radius 2 is 1.89 bits per heavy atom. The maximum absolute atomic E-state index is 12.0. The van der Waals surface area contributed by atoms with Crippen molar-refractivity contribution in [3.05, 3.63) is 52.0 Å². The summed E-state index contributed by atoms with van der Waals surface area (Å²) in [5.74, 6) is -0.253. The molecule has 5 heteroatoms. The summed E-state index contributed by atoms with van der Waals surface area (Å²) in [6.45, 7) is 3.90. The van der Waals surface area contributed by atoms with Gasteiger partial charge in [0.2, 0.25) is 0 Å². The van der Waals surface area contributed by atoms with Crippen molar-refractivity contribution in [3.63, 3.8) is 0 Å². The molecule has 2 aromatic rings. The summed E-state index contributed by atoms with van der Waals surface area (Å²) in [5.41, 5.74) is 3.12. The number of halogens is 1. The molecule has 1 heterocycles. The van der Waals surface area contributed by atoms with Gasteiger partial charge >= 0.3 is 0 Å². The van der Waals surface area contributed by atoms with Crippen LogP contribution in [-0.2, 0) is 0 Å². The van der Waals surface area contributed by atoms with Crippen molar-refractivity contribution >= 4 is 27.5 Å². The molecule has 1 aromatic heterocycles. The highest BCUT2D eigenvalue weighted by molar-refractivity contribution is 9.10. The number of aryl methyl sites for hydroxylation is 2. The molecule has 0 unspecified atom stereocenters. The van der Waals surface area contributed by atoms with Crippen molar-refractivity contribution in [3.8, 4) is 0 Å². The molecule has 0 atom stereocenters. The predicted octanol–water partition coefficient (Wildman–Crippen LogP) is 3.11. The van der Waals surface area contributed by atoms with E-state index in [9.17, 15) is 4.79 Å². The Balaban J connectivity index is 2.28. The van der Waals surface area contributed by atoms with Crippen molar-refractivity contribution in [1.82, 2.24) is 9.97 Å². The number of nitrogens with zero attached hydrogens (tertiary/aromatic N) is 2. The zero-order valence-electron chi connectivity index (χ0n) is 10.1. The fourth-order valence-electron chi connectivity index (χ4n) is 1.70. The van der Waals surface area contributed by atoms with Gasteiger partial charge in [0, 0.05) is 22.6 Å². The van der Waals surface area contributed by atoms with Gasteiger partial charge in [0.15, 0.2) is 0 Å². The van der Waals surface area contributed by atoms with Gasteiger partial charge in [-0.25, -0.2) is 4.98 Å². The van der Waals surface area contributed by atoms with Gasteiger partial charge in [0.25, 0.3) is 5.91 Å². The molecule has 92 valence electrons. The van der Waals surface area contributed by atoms with Crippen LogP contribution in [0.1, 0.15) is 21.6 Å². The number of carbonyl (C=O) groups is 1. The second-order valence-electron chi connectivity index (χ2n) is 3.96. The minimum absolute atomic E-state index is 0.253. The molecule has 4 nitrogen and oxygen atoms in total. The lowest BCUT2D eigenvalue weighted by molar-refractivity contribution is 0.102. The van der Waals surface area contributed by atoms with E-state index in [1.807, 2.05) is 26.0 Å². The first-order chi connectivity index (χ1) is 8.58. The third kappa shape index (κ3) is 2.73. The van der Waals surface area contributed by atoms with E-state index >= 15 is 0 Å². The van der Waals surface area contributed by atoms with E-state index < -0.39 is 0 Å². The largest absolute Gasteiger partial charge is 0.320 e. The van der Waals surface area contributed by atoms with E-state index in [1.165, 1.54) is 18.6 Å². The highest BCUT2D eigenvalue weighted by atomic mass is 79.9. The zero-order chi connectivity index (χ0) is 13.1. The average molecular weight is 306 g/mol. The second kappa shape index (κ2) is 5.27. The van der Waals surface area contributed by atoms with Gasteiger partial charge < -0.3 is 5.32 Å². The van der Waals surface area contributed by atoms with E-state index in [0.29, 0.717) is 5.69 Å². The van der Waals surface area contributed by atoms with E-state index in [4.69, 9.17) is 0 Å². The Bertz CT molecular complexity index is 561. The van der Waals surface area contributed by atoms with E-state index in [2.05, 4.69) is 31.2 Å². The number of amides is 1. The van der Waals surface area contributed by atoms with Gasteiger partial charge in [-0.05, 0) is 37.1 Å². The molecule has 2 rings (SSSR count). The van der Waals surface area contributed by atoms with Crippen LogP contribution in [0.3, 0.4) is 0 Å². The van der Waals surface area contributed by atoms with Crippen LogP contribution in [0.5, 0.6) is 0 Å². The summed E-state index contributed by atoms with van der Waals surface area (Å²) in [4.78, 5) is 19.8. The Hall–Kier alpha value is -1.75. The number of rotatable bonds is 2. The van der Waals surface area contributed by atoms with Crippen LogP contribution < -0.4 is 5.32 Å². The fourth-order valence-corrected chi connectivity index (χ4v) is 2.39. The molecule has 1 N–H and O–H groups in total. The minimum atomic E-state index is -0.253. The van der Waals surface area contributed by atoms with Crippen LogP contribution in [0.15, 0.2) is 35.2 Å². The maximum Gasteiger partial charge on any atom is 0.275 e. The molecule has 0 aliphatic carbocycles. The number of benzene rings is 1. The summed E-state index contributed by atoms with van der Waals surface area (Å²) in [7, 11) is 0. The summed E-state index contributed by atoms with van der Waals surface area (Å²) in [6.07, 6.45) is 4.47. The Kier molecular flexibility index (Phi) is 3.72. The monoisotopic (exact) mass is 305 g/mol. The molecule has 0 bridgehead atoms. The Morgan fingerprint density at radius 3 is 2.44 bits per heavy atom. The third-order valence-electron chi connectivity index (χ3n) is 2.53. The molecule has 0 radical (unpaired) electrons. The number of hydrogen-bond acceptors (Lipinski definition) is 3. The lowest BCUT2D eigenvalue weighted by Gasteiger charge is -2.11. The van der Waals surface area contributed by atoms with Crippen LogP contribution in [0.4, 0.5) is 5.69 Å². The fraction of sp³-hybridized carbons (Fsp3) is 0.154. The molecule has 0 aliphatic rings. The maximum atomic E-state index is 12.0. The highest BCUT2D eigenvalue weighted by Crippen LogP contribution is 2.25. The average Bonchev–Trinajstić information content (AvgIpc) is 2.34. The first-order valence-corrected chi connectivity index (χ1v) is 6.21. The van der Waals surface area contributed by atoms with Gasteiger partial charge in [-0.15, -0.1) is 0 Å². The summed E-state index contributed by atoms with van der Waals surface area (Å²) in [5, 5.41) is 2.86. The molecule has 0 spiro atoms. The predicted molar refractivity (Wildman–Crippen MR) is 73.6 cm³/mol. The number of hydrogen-bond donors (Lipinski definition) is 1. The molecule has 0 saturated heterocycles. The van der Waals surface area contributed by atoms with Crippen molar-refractivity contribution in [2.45, 2.75) is 13.8 Å². The van der Waals surface area contributed by atoms with Crippen LogP contribution in [0, 0.1) is 13.8 Å². The number of anilines is 1. The standard InChI is InChI=1S/C13H12BrN3O/c1-8-5-10(14)6-9(2)12(8)17-13(18)11-7-15-3-4-16-11/h3-7H,1-2H3,(H,17,18). The van der Waals surface area contributed by atoms with Crippen LogP contribution >= 0.6 is 15.9 Å². The molecule has 0 saturated carbocycles. The Labute approximate surface area is 114 Å². The molecule has 1 amide bonds. The first-order valence-electron chi connectivity index (χ1n) is 5.42. The molecular weight excluding hydrogens is 294 g/mol. The molecule has 0 fully saturated rings. The van der Waals surface area contributed by atoms with Crippen molar-refractivity contribution in [2.75, 3.05) is 5.32 Å². The molecule has 18 heavy (non-hydrogen) atoms. The van der Waals surface area contributed by atoms with E-state index in [-0.39, 0.29) is 5.91 Å². The van der Waals surface area contributed by atoms with Crippen molar-refractivity contribution < 1.29 is 4.79 Å². The minimum Gasteiger partial charge on any atom is -0.320 e. The Morgan fingerprint density at radius 1 is 1.22 bits per heavy atom. The van der Waals surface area contributed by atoms with Crippen LogP contribution in [-0.4, -0.2) is 15.9 Å². The van der Waals surface area contributed by atoms with Gasteiger partial charge in [-0.1, -0.05) is 15.9 Å². The zero-order valence-corrected chi connectivity index (χ0v) is 11.7. The summed E-state index contributed by atoms with van der Waals surface area (Å²) >= 11 is 3.42. The van der Waals surface area contributed by atoms with Crippen LogP contribution in [0.25, 0.3) is 0 Å². The number of aromatic nitrogens is 2. The second-order valence-corrected chi connectivity index (χ2v) is 4.88. The molecular formula is C13H12BrN3O. The number of nitrogens with one attached hydrogen (secondary N) is 1. The lowest BCUT2D eigenvalue weighted by atomic mass is 10.1. The van der Waals surface area contributed by atoms with Gasteiger partial charge in [0.05, 0.1) is 6.20 Å². The molecule has 1 aromatic carbocycles. The first kappa shape index (κ1) is 12.7. The third-order valence-corrected chi connectivity index (χ3v) is 2.99. The highest BCUT2D eigenvalue weighted by Gasteiger charge is 2.11. The van der Waals surface area contributed by atoms with E-state index in [0.717, 1.165) is 21.3 Å². The quantitative estimate of drug-likeness (QED) is 0.927. The van der Waals surface area contributed by atoms with E-state index in [1.54, 1.807) is 0 Å². The van der Waals surface area contributed by atoms with Crippen molar-refractivity contribution in [1.29, 1.82) is 0 Å². The normalized spacial score (nSPS) is 10.2. The van der Waals surface area contributed by atoms with Crippen LogP contribution in [0.2, 0.25) is 0 Å². The smallest absolute Gasteiger partial charge is 0.275 e. The van der Waals surface area contributed by atoms with Gasteiger partial charge in [-0.2, -0.15) is 0 Å². The lowest BCUT2D eigenvalue weighted by Crippen LogP contribution is -2.15. The summed E-state index contributed by atoms with van der Waals surface area (Å²) in [6, 6.07) is 3.92. The SMILES string of the molecule is Cc1cc(Br)cc(C)c1NC(=O)c1cnccn1. The molecule has 0 aliphatic heterocycles. The van der Waals surface area contributed by atoms with Gasteiger partial charge in [-0.3, -0.25) is 9.78 Å².